The standard InChI is InChI=1S/C22H42N4O/c1-18(2)20-5-11-25(12-6-20)21-7-9-23(10-8-21)17-24-13-15-26(16-14-24)22(27)19(3)4/h18-21H,5-17H2,1-4H3. The monoisotopic (exact) mass is 378 g/mol. The molecule has 0 N–H and O–H groups in total. The van der Waals surface area contributed by atoms with Gasteiger partial charge in [-0.1, -0.05) is 27.7 Å². The molecule has 0 aromatic rings. The van der Waals surface area contributed by atoms with Gasteiger partial charge in [0, 0.05) is 51.2 Å². The molecule has 3 fully saturated rings. The summed E-state index contributed by atoms with van der Waals surface area (Å²) in [7, 11) is 0. The zero-order valence-corrected chi connectivity index (χ0v) is 18.2. The Hall–Kier alpha value is -0.650. The van der Waals surface area contributed by atoms with E-state index in [0.717, 1.165) is 50.7 Å². The maximum Gasteiger partial charge on any atom is 0.225 e. The molecule has 0 aromatic heterocycles. The Bertz CT molecular complexity index is 457. The molecular formula is C22H42N4O. The summed E-state index contributed by atoms with van der Waals surface area (Å²) < 4.78 is 0. The minimum absolute atomic E-state index is 0.126. The first-order valence-electron chi connectivity index (χ1n) is 11.4. The number of piperidine rings is 2. The van der Waals surface area contributed by atoms with Crippen LogP contribution in [0.25, 0.3) is 0 Å². The Morgan fingerprint density at radius 2 is 1.33 bits per heavy atom. The molecule has 3 aliphatic heterocycles. The Morgan fingerprint density at radius 3 is 1.85 bits per heavy atom. The smallest absolute Gasteiger partial charge is 0.225 e. The second-order valence-corrected chi connectivity index (χ2v) is 9.71. The average Bonchev–Trinajstić information content (AvgIpc) is 2.68. The predicted molar refractivity (Wildman–Crippen MR) is 112 cm³/mol. The van der Waals surface area contributed by atoms with Gasteiger partial charge in [0.25, 0.3) is 0 Å². The van der Waals surface area contributed by atoms with Gasteiger partial charge in [0.1, 0.15) is 0 Å². The van der Waals surface area contributed by atoms with E-state index >= 15 is 0 Å². The summed E-state index contributed by atoms with van der Waals surface area (Å²) in [6.45, 7) is 18.8. The lowest BCUT2D eigenvalue weighted by molar-refractivity contribution is -0.136. The molecule has 0 saturated carbocycles. The first kappa shape index (κ1) is 21.1. The van der Waals surface area contributed by atoms with Crippen LogP contribution in [0.2, 0.25) is 0 Å². The number of nitrogens with zero attached hydrogens (tertiary/aromatic N) is 4. The van der Waals surface area contributed by atoms with Crippen molar-refractivity contribution < 1.29 is 4.79 Å². The molecule has 156 valence electrons. The lowest BCUT2D eigenvalue weighted by Crippen LogP contribution is -2.54. The van der Waals surface area contributed by atoms with Gasteiger partial charge in [0.15, 0.2) is 0 Å². The maximum atomic E-state index is 12.1. The second kappa shape index (κ2) is 9.71. The minimum Gasteiger partial charge on any atom is -0.340 e. The van der Waals surface area contributed by atoms with Crippen molar-refractivity contribution in [3.8, 4) is 0 Å². The van der Waals surface area contributed by atoms with E-state index in [-0.39, 0.29) is 5.92 Å². The average molecular weight is 379 g/mol. The molecule has 0 unspecified atom stereocenters. The lowest BCUT2D eigenvalue weighted by Gasteiger charge is -2.44. The maximum absolute atomic E-state index is 12.1. The summed E-state index contributed by atoms with van der Waals surface area (Å²) in [5, 5.41) is 0. The van der Waals surface area contributed by atoms with E-state index in [2.05, 4.69) is 28.5 Å². The summed E-state index contributed by atoms with van der Waals surface area (Å²) in [5.74, 6) is 2.24. The van der Waals surface area contributed by atoms with Gasteiger partial charge < -0.3 is 9.80 Å². The molecule has 3 saturated heterocycles. The van der Waals surface area contributed by atoms with Crippen LogP contribution in [0.1, 0.15) is 53.4 Å². The molecule has 1 amide bonds. The van der Waals surface area contributed by atoms with E-state index < -0.39 is 0 Å². The Labute approximate surface area is 167 Å². The van der Waals surface area contributed by atoms with Crippen molar-refractivity contribution in [3.05, 3.63) is 0 Å². The van der Waals surface area contributed by atoms with Crippen molar-refractivity contribution in [2.24, 2.45) is 17.8 Å². The molecule has 0 aliphatic carbocycles. The second-order valence-electron chi connectivity index (χ2n) is 9.71. The third-order valence-corrected chi connectivity index (χ3v) is 7.17. The van der Waals surface area contributed by atoms with Gasteiger partial charge in [0.05, 0.1) is 6.67 Å². The number of carbonyl (C=O) groups is 1. The molecule has 5 nitrogen and oxygen atoms in total. The van der Waals surface area contributed by atoms with Gasteiger partial charge in [-0.05, 0) is 50.6 Å². The number of carbonyl (C=O) groups excluding carboxylic acids is 1. The summed E-state index contributed by atoms with van der Waals surface area (Å²) in [4.78, 5) is 22.1. The third-order valence-electron chi connectivity index (χ3n) is 7.17. The highest BCUT2D eigenvalue weighted by molar-refractivity contribution is 5.78. The number of hydrogen-bond donors (Lipinski definition) is 0. The van der Waals surface area contributed by atoms with Crippen molar-refractivity contribution in [1.29, 1.82) is 0 Å². The zero-order chi connectivity index (χ0) is 19.4. The molecule has 0 aromatic carbocycles. The van der Waals surface area contributed by atoms with Gasteiger partial charge in [0.2, 0.25) is 5.91 Å². The quantitative estimate of drug-likeness (QED) is 0.736. The van der Waals surface area contributed by atoms with Gasteiger partial charge in [-0.25, -0.2) is 0 Å². The van der Waals surface area contributed by atoms with Crippen LogP contribution in [0, 0.1) is 17.8 Å². The fraction of sp³-hybridized carbons (Fsp3) is 0.955. The fourth-order valence-corrected chi connectivity index (χ4v) is 5.13. The number of hydrogen-bond acceptors (Lipinski definition) is 4. The largest absolute Gasteiger partial charge is 0.340 e. The topological polar surface area (TPSA) is 30.0 Å². The normalized spacial score (nSPS) is 25.6. The Balaban J connectivity index is 1.34. The summed E-state index contributed by atoms with van der Waals surface area (Å²) >= 11 is 0. The number of likely N-dealkylation sites (tertiary alicyclic amines) is 2. The highest BCUT2D eigenvalue weighted by atomic mass is 16.2. The van der Waals surface area contributed by atoms with Crippen molar-refractivity contribution in [1.82, 2.24) is 19.6 Å². The number of piperazine rings is 1. The summed E-state index contributed by atoms with van der Waals surface area (Å²) in [6.07, 6.45) is 5.46. The first-order valence-corrected chi connectivity index (χ1v) is 11.4. The fourth-order valence-electron chi connectivity index (χ4n) is 5.13. The van der Waals surface area contributed by atoms with E-state index in [1.165, 1.54) is 51.9 Å². The van der Waals surface area contributed by atoms with E-state index in [1.807, 2.05) is 18.7 Å². The SMILES string of the molecule is CC(C)C(=O)N1CCN(CN2CCC(N3CCC(C(C)C)CC3)CC2)CC1. The van der Waals surface area contributed by atoms with E-state index in [1.54, 1.807) is 0 Å². The number of rotatable bonds is 5. The van der Waals surface area contributed by atoms with Crippen molar-refractivity contribution in [2.45, 2.75) is 59.4 Å². The molecule has 3 heterocycles. The zero-order valence-electron chi connectivity index (χ0n) is 18.2. The Morgan fingerprint density at radius 1 is 0.778 bits per heavy atom. The first-order chi connectivity index (χ1) is 12.9. The molecule has 0 spiro atoms. The van der Waals surface area contributed by atoms with E-state index in [4.69, 9.17) is 0 Å². The molecule has 0 atom stereocenters. The van der Waals surface area contributed by atoms with Gasteiger partial charge in [-0.15, -0.1) is 0 Å². The summed E-state index contributed by atoms with van der Waals surface area (Å²) in [5.41, 5.74) is 0. The molecule has 0 radical (unpaired) electrons. The third kappa shape index (κ3) is 5.68. The van der Waals surface area contributed by atoms with Crippen LogP contribution < -0.4 is 0 Å². The van der Waals surface area contributed by atoms with Crippen LogP contribution >= 0.6 is 0 Å². The van der Waals surface area contributed by atoms with Crippen LogP contribution in [0.15, 0.2) is 0 Å². The molecule has 5 heteroatoms. The highest BCUT2D eigenvalue weighted by Gasteiger charge is 2.30. The van der Waals surface area contributed by atoms with Crippen LogP contribution in [0.5, 0.6) is 0 Å². The summed E-state index contributed by atoms with van der Waals surface area (Å²) in [6, 6.07) is 0.815. The molecular weight excluding hydrogens is 336 g/mol. The molecule has 27 heavy (non-hydrogen) atoms. The van der Waals surface area contributed by atoms with Crippen molar-refractivity contribution in [2.75, 3.05) is 59.0 Å². The van der Waals surface area contributed by atoms with Crippen LogP contribution in [-0.2, 0) is 4.79 Å². The lowest BCUT2D eigenvalue weighted by atomic mass is 9.85. The highest BCUT2D eigenvalue weighted by Crippen LogP contribution is 2.28. The Kier molecular flexibility index (Phi) is 7.57. The minimum atomic E-state index is 0.126. The predicted octanol–water partition coefficient (Wildman–Crippen LogP) is 2.58. The van der Waals surface area contributed by atoms with Crippen molar-refractivity contribution >= 4 is 5.91 Å². The van der Waals surface area contributed by atoms with Gasteiger partial charge in [-0.2, -0.15) is 0 Å². The van der Waals surface area contributed by atoms with E-state index in [0.29, 0.717) is 5.91 Å². The van der Waals surface area contributed by atoms with Gasteiger partial charge in [-0.3, -0.25) is 14.6 Å². The molecule has 0 bridgehead atoms. The van der Waals surface area contributed by atoms with Crippen molar-refractivity contribution in [3.63, 3.8) is 0 Å². The van der Waals surface area contributed by atoms with Crippen LogP contribution in [0.4, 0.5) is 0 Å². The van der Waals surface area contributed by atoms with E-state index in [9.17, 15) is 4.79 Å². The number of amides is 1. The van der Waals surface area contributed by atoms with Crippen LogP contribution in [0.3, 0.4) is 0 Å². The van der Waals surface area contributed by atoms with Gasteiger partial charge >= 0.3 is 0 Å². The molecule has 3 aliphatic rings. The van der Waals surface area contributed by atoms with Crippen LogP contribution in [-0.4, -0.2) is 90.6 Å². The molecule has 3 rings (SSSR count).